The fourth-order valence-electron chi connectivity index (χ4n) is 3.09. The molecule has 0 aliphatic rings. The molecule has 1 amide bonds. The standard InChI is InChI=1S/C22H24N2O3/c1-16-13-20(27-23-16)15-24(2)22(25)14-21(17-7-5-4-6-8-17)18-9-11-19(26-3)12-10-18/h4-13,21H,14-15H2,1-3H3. The topological polar surface area (TPSA) is 55.6 Å². The minimum atomic E-state index is -0.0245. The van der Waals surface area contributed by atoms with Crippen LogP contribution in [-0.2, 0) is 11.3 Å². The van der Waals surface area contributed by atoms with E-state index in [2.05, 4.69) is 17.3 Å². The van der Waals surface area contributed by atoms with Crippen LogP contribution in [-0.4, -0.2) is 30.1 Å². The first-order valence-electron chi connectivity index (χ1n) is 8.92. The van der Waals surface area contributed by atoms with E-state index in [1.54, 1.807) is 19.1 Å². The van der Waals surface area contributed by atoms with Crippen LogP contribution in [0.25, 0.3) is 0 Å². The van der Waals surface area contributed by atoms with Gasteiger partial charge in [-0.15, -0.1) is 0 Å². The van der Waals surface area contributed by atoms with Crippen molar-refractivity contribution in [3.05, 3.63) is 83.2 Å². The zero-order valence-electron chi connectivity index (χ0n) is 15.9. The van der Waals surface area contributed by atoms with E-state index in [1.165, 1.54) is 0 Å². The van der Waals surface area contributed by atoms with E-state index in [4.69, 9.17) is 9.26 Å². The van der Waals surface area contributed by atoms with Crippen LogP contribution in [0.15, 0.2) is 65.2 Å². The van der Waals surface area contributed by atoms with Crippen LogP contribution in [0, 0.1) is 6.92 Å². The molecule has 3 rings (SSSR count). The molecule has 1 atom stereocenters. The summed E-state index contributed by atoms with van der Waals surface area (Å²) in [5, 5.41) is 3.88. The highest BCUT2D eigenvalue weighted by Crippen LogP contribution is 2.30. The Labute approximate surface area is 159 Å². The predicted molar refractivity (Wildman–Crippen MR) is 104 cm³/mol. The van der Waals surface area contributed by atoms with E-state index in [1.807, 2.05) is 55.5 Å². The molecule has 27 heavy (non-hydrogen) atoms. The monoisotopic (exact) mass is 364 g/mol. The number of hydrogen-bond acceptors (Lipinski definition) is 4. The van der Waals surface area contributed by atoms with E-state index in [0.717, 1.165) is 22.6 Å². The van der Waals surface area contributed by atoms with Crippen molar-refractivity contribution in [2.24, 2.45) is 0 Å². The maximum atomic E-state index is 12.9. The van der Waals surface area contributed by atoms with Crippen LogP contribution >= 0.6 is 0 Å². The average molecular weight is 364 g/mol. The molecule has 0 N–H and O–H groups in total. The maximum Gasteiger partial charge on any atom is 0.223 e. The summed E-state index contributed by atoms with van der Waals surface area (Å²) in [6.07, 6.45) is 0.375. The van der Waals surface area contributed by atoms with Crippen LogP contribution in [0.2, 0.25) is 0 Å². The summed E-state index contributed by atoms with van der Waals surface area (Å²) in [7, 11) is 3.43. The molecule has 1 heterocycles. The van der Waals surface area contributed by atoms with E-state index in [0.29, 0.717) is 18.7 Å². The Hall–Kier alpha value is -3.08. The number of amides is 1. The van der Waals surface area contributed by atoms with Gasteiger partial charge in [0.1, 0.15) is 5.75 Å². The van der Waals surface area contributed by atoms with Gasteiger partial charge in [0.25, 0.3) is 0 Å². The van der Waals surface area contributed by atoms with E-state index in [-0.39, 0.29) is 11.8 Å². The number of aromatic nitrogens is 1. The smallest absolute Gasteiger partial charge is 0.223 e. The van der Waals surface area contributed by atoms with Gasteiger partial charge in [-0.05, 0) is 30.2 Å². The van der Waals surface area contributed by atoms with Crippen LogP contribution < -0.4 is 4.74 Å². The Balaban J connectivity index is 1.79. The molecule has 0 bridgehead atoms. The second-order valence-corrected chi connectivity index (χ2v) is 6.62. The summed E-state index contributed by atoms with van der Waals surface area (Å²) in [4.78, 5) is 14.6. The molecule has 0 spiro atoms. The quantitative estimate of drug-likeness (QED) is 0.631. The van der Waals surface area contributed by atoms with Gasteiger partial charge < -0.3 is 14.2 Å². The van der Waals surface area contributed by atoms with Crippen molar-refractivity contribution in [3.8, 4) is 5.75 Å². The minimum Gasteiger partial charge on any atom is -0.497 e. The van der Waals surface area contributed by atoms with Crippen molar-refractivity contribution in [2.45, 2.75) is 25.8 Å². The molecule has 0 saturated carbocycles. The van der Waals surface area contributed by atoms with E-state index in [9.17, 15) is 4.79 Å². The molecule has 5 nitrogen and oxygen atoms in total. The van der Waals surface area contributed by atoms with Gasteiger partial charge >= 0.3 is 0 Å². The molecule has 0 saturated heterocycles. The molecule has 1 aromatic heterocycles. The van der Waals surface area contributed by atoms with Gasteiger partial charge in [-0.3, -0.25) is 4.79 Å². The molecule has 2 aromatic carbocycles. The highest BCUT2D eigenvalue weighted by atomic mass is 16.5. The maximum absolute atomic E-state index is 12.9. The minimum absolute atomic E-state index is 0.0245. The first-order chi connectivity index (χ1) is 13.1. The molecule has 0 radical (unpaired) electrons. The van der Waals surface area contributed by atoms with Crippen molar-refractivity contribution in [1.82, 2.24) is 10.1 Å². The third kappa shape index (κ3) is 4.76. The molecular weight excluding hydrogens is 340 g/mol. The fourth-order valence-corrected chi connectivity index (χ4v) is 3.09. The number of aryl methyl sites for hydroxylation is 1. The molecule has 5 heteroatoms. The molecule has 140 valence electrons. The number of carbonyl (C=O) groups excluding carboxylic acids is 1. The first-order valence-corrected chi connectivity index (χ1v) is 8.92. The lowest BCUT2D eigenvalue weighted by molar-refractivity contribution is -0.130. The average Bonchev–Trinajstić information content (AvgIpc) is 3.11. The highest BCUT2D eigenvalue weighted by Gasteiger charge is 2.21. The highest BCUT2D eigenvalue weighted by molar-refractivity contribution is 5.77. The molecule has 0 aliphatic carbocycles. The lowest BCUT2D eigenvalue weighted by Crippen LogP contribution is -2.27. The van der Waals surface area contributed by atoms with Crippen molar-refractivity contribution < 1.29 is 14.1 Å². The van der Waals surface area contributed by atoms with Crippen molar-refractivity contribution in [1.29, 1.82) is 0 Å². The van der Waals surface area contributed by atoms with Crippen molar-refractivity contribution >= 4 is 5.91 Å². The van der Waals surface area contributed by atoms with Gasteiger partial charge in [0.2, 0.25) is 5.91 Å². The Kier molecular flexibility index (Phi) is 5.91. The predicted octanol–water partition coefficient (Wildman–Crippen LogP) is 4.17. The summed E-state index contributed by atoms with van der Waals surface area (Å²) < 4.78 is 10.5. The lowest BCUT2D eigenvalue weighted by atomic mass is 9.88. The summed E-state index contributed by atoms with van der Waals surface area (Å²) in [6.45, 7) is 2.27. The normalized spacial score (nSPS) is 11.8. The van der Waals surface area contributed by atoms with Gasteiger partial charge in [-0.2, -0.15) is 0 Å². The third-order valence-corrected chi connectivity index (χ3v) is 4.59. The molecule has 0 fully saturated rings. The number of nitrogens with zero attached hydrogens (tertiary/aromatic N) is 2. The van der Waals surface area contributed by atoms with Gasteiger partial charge in [-0.1, -0.05) is 47.6 Å². The van der Waals surface area contributed by atoms with Gasteiger partial charge in [-0.25, -0.2) is 0 Å². The third-order valence-electron chi connectivity index (χ3n) is 4.59. The van der Waals surface area contributed by atoms with Gasteiger partial charge in [0.05, 0.1) is 19.3 Å². The van der Waals surface area contributed by atoms with Crippen LogP contribution in [0.5, 0.6) is 5.75 Å². The van der Waals surface area contributed by atoms with Crippen molar-refractivity contribution in [2.75, 3.05) is 14.2 Å². The number of benzene rings is 2. The summed E-state index contributed by atoms with van der Waals surface area (Å²) >= 11 is 0. The van der Waals surface area contributed by atoms with Crippen LogP contribution in [0.1, 0.15) is 34.9 Å². The number of methoxy groups -OCH3 is 1. The second-order valence-electron chi connectivity index (χ2n) is 6.62. The van der Waals surface area contributed by atoms with Crippen molar-refractivity contribution in [3.63, 3.8) is 0 Å². The summed E-state index contributed by atoms with van der Waals surface area (Å²) in [5.74, 6) is 1.51. The number of hydrogen-bond donors (Lipinski definition) is 0. The zero-order valence-corrected chi connectivity index (χ0v) is 15.9. The lowest BCUT2D eigenvalue weighted by Gasteiger charge is -2.22. The number of rotatable bonds is 7. The Morgan fingerprint density at radius 2 is 1.78 bits per heavy atom. The van der Waals surface area contributed by atoms with Crippen LogP contribution in [0.4, 0.5) is 0 Å². The SMILES string of the molecule is COc1ccc(C(CC(=O)N(C)Cc2cc(C)no2)c2ccccc2)cc1. The van der Waals surface area contributed by atoms with Gasteiger partial charge in [0.15, 0.2) is 5.76 Å². The Morgan fingerprint density at radius 3 is 2.37 bits per heavy atom. The van der Waals surface area contributed by atoms with E-state index >= 15 is 0 Å². The summed E-state index contributed by atoms with van der Waals surface area (Å²) in [6, 6.07) is 19.8. The molecule has 1 unspecified atom stereocenters. The Morgan fingerprint density at radius 1 is 1.11 bits per heavy atom. The second kappa shape index (κ2) is 8.54. The number of ether oxygens (including phenoxy) is 1. The number of carbonyl (C=O) groups is 1. The van der Waals surface area contributed by atoms with Crippen LogP contribution in [0.3, 0.4) is 0 Å². The van der Waals surface area contributed by atoms with E-state index < -0.39 is 0 Å². The first kappa shape index (κ1) is 18.7. The zero-order chi connectivity index (χ0) is 19.2. The fraction of sp³-hybridized carbons (Fsp3) is 0.273. The van der Waals surface area contributed by atoms with Gasteiger partial charge in [0, 0.05) is 25.5 Å². The summed E-state index contributed by atoms with van der Waals surface area (Å²) in [5.41, 5.74) is 3.01. The molecular formula is C22H24N2O3. The molecule has 0 aliphatic heterocycles. The molecule has 3 aromatic rings. The Bertz CT molecular complexity index is 872. The largest absolute Gasteiger partial charge is 0.497 e.